The first-order valence-corrected chi connectivity index (χ1v) is 9.01. The van der Waals surface area contributed by atoms with E-state index in [1.54, 1.807) is 24.8 Å². The molecule has 0 aliphatic heterocycles. The molecule has 0 spiro atoms. The zero-order valence-electron chi connectivity index (χ0n) is 11.8. The van der Waals surface area contributed by atoms with Gasteiger partial charge in [0.25, 0.3) is 0 Å². The summed E-state index contributed by atoms with van der Waals surface area (Å²) in [7, 11) is -3.36. The van der Waals surface area contributed by atoms with Crippen molar-refractivity contribution in [2.24, 2.45) is 0 Å². The van der Waals surface area contributed by atoms with Crippen LogP contribution in [-0.4, -0.2) is 32.5 Å². The number of thioether (sulfide) groups is 1. The van der Waals surface area contributed by atoms with Gasteiger partial charge in [-0.1, -0.05) is 19.9 Å². The number of anilines is 1. The van der Waals surface area contributed by atoms with Crippen molar-refractivity contribution in [3.63, 3.8) is 0 Å². The van der Waals surface area contributed by atoms with Gasteiger partial charge in [-0.25, -0.2) is 8.42 Å². The Kier molecular flexibility index (Phi) is 6.16. The molecule has 0 fully saturated rings. The molecule has 108 valence electrons. The van der Waals surface area contributed by atoms with Gasteiger partial charge in [-0.15, -0.1) is 11.8 Å². The minimum absolute atomic E-state index is 0.275. The molecule has 6 heteroatoms. The normalized spacial score (nSPS) is 13.5. The summed E-state index contributed by atoms with van der Waals surface area (Å²) in [6.07, 6.45) is 1.96. The Hall–Kier alpha value is -0.720. The van der Waals surface area contributed by atoms with Crippen molar-refractivity contribution in [1.29, 1.82) is 0 Å². The lowest BCUT2D eigenvalue weighted by atomic mass is 10.3. The van der Waals surface area contributed by atoms with Crippen LogP contribution in [0.1, 0.15) is 20.8 Å². The molecule has 0 saturated heterocycles. The molecule has 4 nitrogen and oxygen atoms in total. The third-order valence-electron chi connectivity index (χ3n) is 2.67. The second-order valence-corrected chi connectivity index (χ2v) is 7.73. The van der Waals surface area contributed by atoms with Gasteiger partial charge in [0.05, 0.1) is 5.25 Å². The molecule has 0 bridgehead atoms. The molecule has 0 heterocycles. The predicted molar refractivity (Wildman–Crippen MR) is 83.4 cm³/mol. The predicted octanol–water partition coefficient (Wildman–Crippen LogP) is 2.54. The maximum atomic E-state index is 12.2. The maximum Gasteiger partial charge on any atom is 0.236 e. The average Bonchev–Trinajstić information content (AvgIpc) is 2.35. The molecule has 19 heavy (non-hydrogen) atoms. The van der Waals surface area contributed by atoms with Crippen molar-refractivity contribution >= 4 is 27.5 Å². The number of hydrogen-bond donors (Lipinski definition) is 2. The average molecular weight is 302 g/mol. The SMILES string of the molecule is CSc1cccc(NS(=O)(=O)C(C)CNC(C)C)c1. The number of rotatable bonds is 7. The Morgan fingerprint density at radius 3 is 2.53 bits per heavy atom. The summed E-state index contributed by atoms with van der Waals surface area (Å²) in [5, 5.41) is 2.66. The summed E-state index contributed by atoms with van der Waals surface area (Å²) >= 11 is 1.58. The first-order chi connectivity index (χ1) is 8.85. The second-order valence-electron chi connectivity index (χ2n) is 4.75. The molecule has 2 N–H and O–H groups in total. The Morgan fingerprint density at radius 1 is 1.26 bits per heavy atom. The van der Waals surface area contributed by atoms with E-state index in [4.69, 9.17) is 0 Å². The molecule has 1 aromatic rings. The van der Waals surface area contributed by atoms with Gasteiger partial charge in [-0.3, -0.25) is 4.72 Å². The molecule has 1 aromatic carbocycles. The lowest BCUT2D eigenvalue weighted by molar-refractivity contribution is 0.553. The van der Waals surface area contributed by atoms with E-state index in [2.05, 4.69) is 10.0 Å². The van der Waals surface area contributed by atoms with Gasteiger partial charge in [-0.05, 0) is 31.4 Å². The van der Waals surface area contributed by atoms with Crippen molar-refractivity contribution in [3.05, 3.63) is 24.3 Å². The van der Waals surface area contributed by atoms with Crippen molar-refractivity contribution < 1.29 is 8.42 Å². The van der Waals surface area contributed by atoms with Crippen LogP contribution in [-0.2, 0) is 10.0 Å². The van der Waals surface area contributed by atoms with E-state index < -0.39 is 15.3 Å². The van der Waals surface area contributed by atoms with Crippen LogP contribution in [0.2, 0.25) is 0 Å². The van der Waals surface area contributed by atoms with E-state index >= 15 is 0 Å². The third kappa shape index (κ3) is 5.42. The van der Waals surface area contributed by atoms with Gasteiger partial charge in [-0.2, -0.15) is 0 Å². The van der Waals surface area contributed by atoms with Crippen LogP contribution in [0.25, 0.3) is 0 Å². The Bertz CT molecular complexity index is 501. The molecule has 1 unspecified atom stereocenters. The summed E-state index contributed by atoms with van der Waals surface area (Å²) in [6, 6.07) is 7.68. The first-order valence-electron chi connectivity index (χ1n) is 6.24. The molecule has 0 amide bonds. The molecule has 0 aliphatic rings. The number of sulfonamides is 1. The van der Waals surface area contributed by atoms with Gasteiger partial charge in [0.15, 0.2) is 0 Å². The summed E-state index contributed by atoms with van der Waals surface area (Å²) in [4.78, 5) is 1.04. The van der Waals surface area contributed by atoms with Gasteiger partial charge in [0.2, 0.25) is 10.0 Å². The Labute approximate surface area is 120 Å². The summed E-state index contributed by atoms with van der Waals surface area (Å²) in [6.45, 7) is 6.13. The smallest absolute Gasteiger partial charge is 0.236 e. The lowest BCUT2D eigenvalue weighted by Crippen LogP contribution is -2.37. The van der Waals surface area contributed by atoms with E-state index in [-0.39, 0.29) is 6.04 Å². The zero-order chi connectivity index (χ0) is 14.5. The zero-order valence-corrected chi connectivity index (χ0v) is 13.4. The molecule has 1 rings (SSSR count). The molecular formula is C13H22N2O2S2. The van der Waals surface area contributed by atoms with Crippen LogP contribution < -0.4 is 10.0 Å². The summed E-state index contributed by atoms with van der Waals surface area (Å²) in [5.41, 5.74) is 0.614. The van der Waals surface area contributed by atoms with Crippen LogP contribution in [0.5, 0.6) is 0 Å². The highest BCUT2D eigenvalue weighted by molar-refractivity contribution is 7.98. The fourth-order valence-electron chi connectivity index (χ4n) is 1.46. The van der Waals surface area contributed by atoms with Crippen LogP contribution in [0.3, 0.4) is 0 Å². The molecule has 0 aliphatic carbocycles. The van der Waals surface area contributed by atoms with Gasteiger partial charge >= 0.3 is 0 Å². The van der Waals surface area contributed by atoms with Gasteiger partial charge < -0.3 is 5.32 Å². The number of hydrogen-bond acceptors (Lipinski definition) is 4. The van der Waals surface area contributed by atoms with Gasteiger partial charge in [0, 0.05) is 23.2 Å². The molecular weight excluding hydrogens is 280 g/mol. The fourth-order valence-corrected chi connectivity index (χ4v) is 2.89. The number of nitrogens with one attached hydrogen (secondary N) is 2. The molecule has 1 atom stereocenters. The van der Waals surface area contributed by atoms with Crippen molar-refractivity contribution in [2.75, 3.05) is 17.5 Å². The van der Waals surface area contributed by atoms with E-state index in [0.717, 1.165) is 4.90 Å². The topological polar surface area (TPSA) is 58.2 Å². The van der Waals surface area contributed by atoms with Crippen molar-refractivity contribution in [3.8, 4) is 0 Å². The van der Waals surface area contributed by atoms with Crippen LogP contribution >= 0.6 is 11.8 Å². The quantitative estimate of drug-likeness (QED) is 0.760. The third-order valence-corrected chi connectivity index (χ3v) is 5.14. The molecule has 0 saturated carbocycles. The monoisotopic (exact) mass is 302 g/mol. The van der Waals surface area contributed by atoms with E-state index in [9.17, 15) is 8.42 Å². The fraction of sp³-hybridized carbons (Fsp3) is 0.538. The standard InChI is InChI=1S/C13H22N2O2S2/c1-10(2)14-9-11(3)19(16,17)15-12-6-5-7-13(8-12)18-4/h5-8,10-11,14-15H,9H2,1-4H3. The summed E-state index contributed by atoms with van der Waals surface area (Å²) < 4.78 is 26.9. The highest BCUT2D eigenvalue weighted by Crippen LogP contribution is 2.20. The second kappa shape index (κ2) is 7.17. The van der Waals surface area contributed by atoms with Crippen LogP contribution in [0.4, 0.5) is 5.69 Å². The summed E-state index contributed by atoms with van der Waals surface area (Å²) in [5.74, 6) is 0. The largest absolute Gasteiger partial charge is 0.313 e. The van der Waals surface area contributed by atoms with Crippen LogP contribution in [0.15, 0.2) is 29.2 Å². The lowest BCUT2D eigenvalue weighted by Gasteiger charge is -2.17. The van der Waals surface area contributed by atoms with E-state index in [1.807, 2.05) is 38.3 Å². The van der Waals surface area contributed by atoms with Crippen LogP contribution in [0, 0.1) is 0 Å². The molecule has 0 radical (unpaired) electrons. The first kappa shape index (κ1) is 16.3. The highest BCUT2D eigenvalue weighted by atomic mass is 32.2. The minimum Gasteiger partial charge on any atom is -0.313 e. The van der Waals surface area contributed by atoms with E-state index in [0.29, 0.717) is 12.2 Å². The molecule has 0 aromatic heterocycles. The minimum atomic E-state index is -3.36. The Morgan fingerprint density at radius 2 is 1.95 bits per heavy atom. The number of benzene rings is 1. The van der Waals surface area contributed by atoms with Crippen molar-refractivity contribution in [1.82, 2.24) is 5.32 Å². The maximum absolute atomic E-state index is 12.2. The van der Waals surface area contributed by atoms with Crippen molar-refractivity contribution in [2.45, 2.75) is 37.0 Å². The van der Waals surface area contributed by atoms with E-state index in [1.165, 1.54) is 0 Å². The Balaban J connectivity index is 2.72. The highest BCUT2D eigenvalue weighted by Gasteiger charge is 2.20. The van der Waals surface area contributed by atoms with Gasteiger partial charge in [0.1, 0.15) is 0 Å².